The minimum Gasteiger partial charge on any atom is -0.497 e. The number of rotatable bonds is 6. The molecule has 1 saturated heterocycles. The molecule has 1 aliphatic heterocycles. The lowest BCUT2D eigenvalue weighted by molar-refractivity contribution is -0.136. The first kappa shape index (κ1) is 18.6. The molecule has 0 aliphatic carbocycles. The van der Waals surface area contributed by atoms with E-state index in [1.165, 1.54) is 6.92 Å². The molecular formula is C17H25N3O3S. The molecule has 1 atom stereocenters. The Balaban J connectivity index is 1.96. The number of carbonyl (C=O) groups excluding carboxylic acids is 2. The van der Waals surface area contributed by atoms with Crippen molar-refractivity contribution in [1.29, 1.82) is 0 Å². The van der Waals surface area contributed by atoms with Gasteiger partial charge in [0.2, 0.25) is 11.8 Å². The molecule has 0 spiro atoms. The van der Waals surface area contributed by atoms with Gasteiger partial charge in [0.05, 0.1) is 7.11 Å². The van der Waals surface area contributed by atoms with Crippen LogP contribution in [0.15, 0.2) is 29.2 Å². The summed E-state index contributed by atoms with van der Waals surface area (Å²) < 4.78 is 5.14. The highest BCUT2D eigenvalue weighted by atomic mass is 32.2. The standard InChI is InChI=1S/C17H25N3O3S/c1-13(21)18-16(17(22)20-10-8-19(2)9-11-20)12-24-15-6-4-14(23-3)5-7-15/h4-7,16H,8-12H2,1-3H3,(H,18,21). The van der Waals surface area contributed by atoms with E-state index in [0.717, 1.165) is 23.7 Å². The van der Waals surface area contributed by atoms with Gasteiger partial charge in [-0.2, -0.15) is 0 Å². The molecule has 7 heteroatoms. The summed E-state index contributed by atoms with van der Waals surface area (Å²) >= 11 is 1.55. The SMILES string of the molecule is COc1ccc(SCC(NC(C)=O)C(=O)N2CCN(C)CC2)cc1. The molecule has 0 aromatic heterocycles. The highest BCUT2D eigenvalue weighted by molar-refractivity contribution is 7.99. The summed E-state index contributed by atoms with van der Waals surface area (Å²) in [5.41, 5.74) is 0. The maximum absolute atomic E-state index is 12.7. The molecule has 1 heterocycles. The number of likely N-dealkylation sites (N-methyl/N-ethyl adjacent to an activating group) is 1. The smallest absolute Gasteiger partial charge is 0.246 e. The quantitative estimate of drug-likeness (QED) is 0.777. The second kappa shape index (κ2) is 8.94. The molecule has 0 saturated carbocycles. The Hall–Kier alpha value is -1.73. The number of carbonyl (C=O) groups is 2. The molecule has 1 N–H and O–H groups in total. The van der Waals surface area contributed by atoms with Crippen LogP contribution in [0.25, 0.3) is 0 Å². The molecule has 2 rings (SSSR count). The Morgan fingerprint density at radius 3 is 2.38 bits per heavy atom. The Labute approximate surface area is 147 Å². The van der Waals surface area contributed by atoms with Gasteiger partial charge in [0.1, 0.15) is 11.8 Å². The van der Waals surface area contributed by atoms with Crippen LogP contribution >= 0.6 is 11.8 Å². The van der Waals surface area contributed by atoms with Crippen molar-refractivity contribution in [2.75, 3.05) is 46.1 Å². The number of ether oxygens (including phenoxy) is 1. The van der Waals surface area contributed by atoms with E-state index in [-0.39, 0.29) is 11.8 Å². The fourth-order valence-electron chi connectivity index (χ4n) is 2.52. The number of benzene rings is 1. The van der Waals surface area contributed by atoms with E-state index >= 15 is 0 Å². The summed E-state index contributed by atoms with van der Waals surface area (Å²) in [7, 11) is 3.68. The van der Waals surface area contributed by atoms with Crippen LogP contribution in [0, 0.1) is 0 Å². The Morgan fingerprint density at radius 1 is 1.21 bits per heavy atom. The summed E-state index contributed by atoms with van der Waals surface area (Å²) in [6, 6.07) is 7.18. The van der Waals surface area contributed by atoms with Crippen LogP contribution in [-0.2, 0) is 9.59 Å². The number of thioether (sulfide) groups is 1. The van der Waals surface area contributed by atoms with Crippen LogP contribution in [-0.4, -0.2) is 73.7 Å². The predicted octanol–water partition coefficient (Wildman–Crippen LogP) is 1.07. The molecule has 1 aliphatic rings. The van der Waals surface area contributed by atoms with Crippen LogP contribution < -0.4 is 10.1 Å². The van der Waals surface area contributed by atoms with E-state index in [1.807, 2.05) is 36.2 Å². The van der Waals surface area contributed by atoms with Gasteiger partial charge in [0.25, 0.3) is 0 Å². The van der Waals surface area contributed by atoms with Crippen molar-refractivity contribution in [1.82, 2.24) is 15.1 Å². The van der Waals surface area contributed by atoms with Crippen LogP contribution in [0.1, 0.15) is 6.92 Å². The van der Waals surface area contributed by atoms with E-state index in [1.54, 1.807) is 18.9 Å². The van der Waals surface area contributed by atoms with Gasteiger partial charge in [-0.1, -0.05) is 0 Å². The van der Waals surface area contributed by atoms with Gasteiger partial charge in [-0.3, -0.25) is 9.59 Å². The molecule has 1 aromatic rings. The van der Waals surface area contributed by atoms with Gasteiger partial charge in [-0.15, -0.1) is 11.8 Å². The van der Waals surface area contributed by atoms with Crippen molar-refractivity contribution in [3.8, 4) is 5.75 Å². The molecule has 6 nitrogen and oxygen atoms in total. The number of amides is 2. The minimum atomic E-state index is -0.502. The molecule has 2 amide bonds. The molecule has 132 valence electrons. The molecular weight excluding hydrogens is 326 g/mol. The molecule has 1 aromatic carbocycles. The van der Waals surface area contributed by atoms with Crippen molar-refractivity contribution in [2.45, 2.75) is 17.9 Å². The Morgan fingerprint density at radius 2 is 1.83 bits per heavy atom. The highest BCUT2D eigenvalue weighted by Crippen LogP contribution is 2.22. The fourth-order valence-corrected chi connectivity index (χ4v) is 3.43. The zero-order valence-electron chi connectivity index (χ0n) is 14.4. The number of piperazine rings is 1. The topological polar surface area (TPSA) is 61.9 Å². The maximum Gasteiger partial charge on any atom is 0.246 e. The van der Waals surface area contributed by atoms with Crippen LogP contribution in [0.2, 0.25) is 0 Å². The van der Waals surface area contributed by atoms with E-state index < -0.39 is 6.04 Å². The number of nitrogens with zero attached hydrogens (tertiary/aromatic N) is 2. The lowest BCUT2D eigenvalue weighted by Crippen LogP contribution is -2.54. The summed E-state index contributed by atoms with van der Waals surface area (Å²) in [6.45, 7) is 4.59. The number of methoxy groups -OCH3 is 1. The summed E-state index contributed by atoms with van der Waals surface area (Å²) in [5.74, 6) is 1.13. The zero-order valence-corrected chi connectivity index (χ0v) is 15.3. The van der Waals surface area contributed by atoms with Gasteiger partial charge >= 0.3 is 0 Å². The van der Waals surface area contributed by atoms with Gasteiger partial charge in [-0.25, -0.2) is 0 Å². The first-order valence-corrected chi connectivity index (χ1v) is 8.99. The zero-order chi connectivity index (χ0) is 17.5. The van der Waals surface area contributed by atoms with Crippen molar-refractivity contribution in [3.05, 3.63) is 24.3 Å². The third-order valence-corrected chi connectivity index (χ3v) is 5.07. The Kier molecular flexibility index (Phi) is 6.93. The maximum atomic E-state index is 12.7. The van der Waals surface area contributed by atoms with E-state index in [9.17, 15) is 9.59 Å². The number of hydrogen-bond acceptors (Lipinski definition) is 5. The first-order chi connectivity index (χ1) is 11.5. The molecule has 24 heavy (non-hydrogen) atoms. The van der Waals surface area contributed by atoms with Crippen molar-refractivity contribution >= 4 is 23.6 Å². The normalized spacial score (nSPS) is 16.5. The molecule has 1 fully saturated rings. The second-order valence-corrected chi connectivity index (χ2v) is 6.96. The highest BCUT2D eigenvalue weighted by Gasteiger charge is 2.27. The van der Waals surface area contributed by atoms with Crippen molar-refractivity contribution < 1.29 is 14.3 Å². The van der Waals surface area contributed by atoms with Crippen molar-refractivity contribution in [3.63, 3.8) is 0 Å². The average molecular weight is 351 g/mol. The first-order valence-electron chi connectivity index (χ1n) is 8.01. The van der Waals surface area contributed by atoms with Crippen molar-refractivity contribution in [2.24, 2.45) is 0 Å². The third kappa shape index (κ3) is 5.42. The van der Waals surface area contributed by atoms with E-state index in [4.69, 9.17) is 4.74 Å². The monoisotopic (exact) mass is 351 g/mol. The lowest BCUT2D eigenvalue weighted by Gasteiger charge is -2.34. The van der Waals surface area contributed by atoms with Crippen LogP contribution in [0.5, 0.6) is 5.75 Å². The molecule has 0 radical (unpaired) electrons. The van der Waals surface area contributed by atoms with Crippen LogP contribution in [0.3, 0.4) is 0 Å². The van der Waals surface area contributed by atoms with Gasteiger partial charge in [0.15, 0.2) is 0 Å². The van der Waals surface area contributed by atoms with Gasteiger partial charge in [-0.05, 0) is 31.3 Å². The lowest BCUT2D eigenvalue weighted by atomic mass is 10.2. The largest absolute Gasteiger partial charge is 0.497 e. The summed E-state index contributed by atoms with van der Waals surface area (Å²) in [4.78, 5) is 29.3. The van der Waals surface area contributed by atoms with Gasteiger partial charge in [0, 0.05) is 43.8 Å². The number of nitrogens with one attached hydrogen (secondary N) is 1. The van der Waals surface area contributed by atoms with Crippen LogP contribution in [0.4, 0.5) is 0 Å². The van der Waals surface area contributed by atoms with E-state index in [0.29, 0.717) is 18.8 Å². The summed E-state index contributed by atoms with van der Waals surface area (Å²) in [5, 5.41) is 2.79. The van der Waals surface area contributed by atoms with E-state index in [2.05, 4.69) is 10.2 Å². The average Bonchev–Trinajstić information content (AvgIpc) is 2.59. The minimum absolute atomic E-state index is 0.000637. The fraction of sp³-hybridized carbons (Fsp3) is 0.529. The molecule has 0 bridgehead atoms. The number of hydrogen-bond donors (Lipinski definition) is 1. The summed E-state index contributed by atoms with van der Waals surface area (Å²) in [6.07, 6.45) is 0. The Bertz CT molecular complexity index is 557. The third-order valence-electron chi connectivity index (χ3n) is 3.97. The second-order valence-electron chi connectivity index (χ2n) is 5.87. The predicted molar refractivity (Wildman–Crippen MR) is 95.4 cm³/mol. The van der Waals surface area contributed by atoms with Gasteiger partial charge < -0.3 is 19.9 Å². The molecule has 1 unspecified atom stereocenters.